The summed E-state index contributed by atoms with van der Waals surface area (Å²) in [7, 11) is 2.77. The van der Waals surface area contributed by atoms with Crippen molar-refractivity contribution >= 4 is 17.7 Å². The number of hydrogen-bond donors (Lipinski definition) is 4. The summed E-state index contributed by atoms with van der Waals surface area (Å²) in [5.74, 6) is 2.51. The molecule has 0 aliphatic heterocycles. The van der Waals surface area contributed by atoms with Gasteiger partial charge in [-0.3, -0.25) is 19.3 Å². The molecule has 1 saturated carbocycles. The number of carbonyl (C=O) groups is 3. The maximum Gasteiger partial charge on any atom is 0.401 e. The summed E-state index contributed by atoms with van der Waals surface area (Å²) in [5.41, 5.74) is 0.771. The van der Waals surface area contributed by atoms with E-state index in [0.29, 0.717) is 6.42 Å². The number of nitrogens with one attached hydrogen (secondary N) is 2. The van der Waals surface area contributed by atoms with Gasteiger partial charge in [-0.15, -0.1) is 24.7 Å². The minimum atomic E-state index is -4.37. The molecule has 3 unspecified atom stereocenters. The molecular weight excluding hydrogens is 625 g/mol. The van der Waals surface area contributed by atoms with Crippen molar-refractivity contribution in [1.82, 2.24) is 20.4 Å². The van der Waals surface area contributed by atoms with Crippen LogP contribution < -0.4 is 10.6 Å². The fourth-order valence-electron chi connectivity index (χ4n) is 5.99. The van der Waals surface area contributed by atoms with Gasteiger partial charge in [-0.2, -0.15) is 13.2 Å². The number of amides is 3. The average molecular weight is 677 g/mol. The number of aliphatic hydroxyl groups excluding tert-OH is 2. The first-order chi connectivity index (χ1) is 22.7. The van der Waals surface area contributed by atoms with Crippen LogP contribution >= 0.6 is 0 Å². The number of nitrogens with zero attached hydrogens (tertiary/aromatic N) is 2. The van der Waals surface area contributed by atoms with Crippen molar-refractivity contribution < 1.29 is 37.8 Å². The van der Waals surface area contributed by atoms with Crippen LogP contribution in [0.25, 0.3) is 0 Å². The molecule has 9 nitrogen and oxygen atoms in total. The Kier molecular flexibility index (Phi) is 17.5. The molecular formula is C36H51F3N4O5. The first-order valence-corrected chi connectivity index (χ1v) is 16.6. The van der Waals surface area contributed by atoms with Gasteiger partial charge in [0.25, 0.3) is 0 Å². The number of terminal acetylenes is 2. The molecule has 0 radical (unpaired) electrons. The maximum atomic E-state index is 13.7. The highest BCUT2D eigenvalue weighted by Crippen LogP contribution is 2.29. The first kappa shape index (κ1) is 40.6. The Morgan fingerprint density at radius 3 is 2.25 bits per heavy atom. The van der Waals surface area contributed by atoms with E-state index in [0.717, 1.165) is 42.6 Å². The lowest BCUT2D eigenvalue weighted by atomic mass is 9.82. The number of carbonyl (C=O) groups excluding carboxylic acids is 3. The third-order valence-corrected chi connectivity index (χ3v) is 8.79. The molecule has 3 amide bonds. The summed E-state index contributed by atoms with van der Waals surface area (Å²) >= 11 is 0. The van der Waals surface area contributed by atoms with Crippen molar-refractivity contribution in [2.24, 2.45) is 11.8 Å². The standard InChI is InChI=1S/C36H51F3N4O5/c1-5-7-19-31(44)33(46)30(23-27-17-12-9-13-18-27)41-35(48)29(14-6-2)40-34(47)28(22-26-15-10-8-11-16-26)24-32(45)43(4)21-20-42(3)25-36(37,38)39/h1-2,8,10-11,15-16,27-31,33,44,46H,7,9,12-14,17-25H2,3-4H3,(H,40,47)(H,41,48)/t28?,29-,30?,31?,33+/m0/s1. The second-order valence-corrected chi connectivity index (χ2v) is 12.9. The van der Waals surface area contributed by atoms with Gasteiger partial charge in [-0.1, -0.05) is 62.4 Å². The van der Waals surface area contributed by atoms with E-state index in [9.17, 15) is 37.8 Å². The smallest absolute Gasteiger partial charge is 0.390 e. The Morgan fingerprint density at radius 2 is 1.65 bits per heavy atom. The number of benzene rings is 1. The van der Waals surface area contributed by atoms with Crippen LogP contribution in [0.4, 0.5) is 13.2 Å². The molecule has 266 valence electrons. The maximum absolute atomic E-state index is 13.7. The van der Waals surface area contributed by atoms with Gasteiger partial charge in [0.1, 0.15) is 12.1 Å². The summed E-state index contributed by atoms with van der Waals surface area (Å²) in [6.45, 7) is -1.12. The van der Waals surface area contributed by atoms with Gasteiger partial charge in [0.15, 0.2) is 0 Å². The fraction of sp³-hybridized carbons (Fsp3) is 0.639. The highest BCUT2D eigenvalue weighted by molar-refractivity contribution is 5.91. The molecule has 0 spiro atoms. The molecule has 48 heavy (non-hydrogen) atoms. The van der Waals surface area contributed by atoms with Crippen molar-refractivity contribution in [3.8, 4) is 24.7 Å². The second kappa shape index (κ2) is 20.7. The molecule has 2 rings (SSSR count). The van der Waals surface area contributed by atoms with Crippen LogP contribution in [0.2, 0.25) is 0 Å². The van der Waals surface area contributed by atoms with Crippen LogP contribution in [0.1, 0.15) is 69.8 Å². The molecule has 1 aromatic rings. The lowest BCUT2D eigenvalue weighted by Gasteiger charge is -2.33. The normalized spacial score (nSPS) is 16.9. The van der Waals surface area contributed by atoms with E-state index in [4.69, 9.17) is 12.8 Å². The van der Waals surface area contributed by atoms with E-state index < -0.39 is 60.7 Å². The largest absolute Gasteiger partial charge is 0.401 e. The predicted octanol–water partition coefficient (Wildman–Crippen LogP) is 3.29. The number of aliphatic hydroxyl groups is 2. The lowest BCUT2D eigenvalue weighted by Crippen LogP contribution is -2.56. The summed E-state index contributed by atoms with van der Waals surface area (Å²) in [6, 6.07) is 7.00. The van der Waals surface area contributed by atoms with Crippen LogP contribution in [0.15, 0.2) is 30.3 Å². The van der Waals surface area contributed by atoms with Crippen molar-refractivity contribution in [3.63, 3.8) is 0 Å². The van der Waals surface area contributed by atoms with Crippen LogP contribution in [0, 0.1) is 36.5 Å². The summed E-state index contributed by atoms with van der Waals surface area (Å²) in [5, 5.41) is 27.2. The van der Waals surface area contributed by atoms with Crippen LogP contribution in [0.3, 0.4) is 0 Å². The van der Waals surface area contributed by atoms with Gasteiger partial charge in [0.05, 0.1) is 24.6 Å². The van der Waals surface area contributed by atoms with Crippen molar-refractivity contribution in [1.29, 1.82) is 0 Å². The van der Waals surface area contributed by atoms with Crippen LogP contribution in [-0.2, 0) is 20.8 Å². The summed E-state index contributed by atoms with van der Waals surface area (Å²) in [6.07, 6.45) is 9.74. The van der Waals surface area contributed by atoms with E-state index in [2.05, 4.69) is 22.5 Å². The van der Waals surface area contributed by atoms with E-state index in [-0.39, 0.29) is 51.1 Å². The van der Waals surface area contributed by atoms with Gasteiger partial charge in [0.2, 0.25) is 17.7 Å². The van der Waals surface area contributed by atoms with Crippen LogP contribution in [-0.4, -0.2) is 102 Å². The topological polar surface area (TPSA) is 122 Å². The molecule has 1 fully saturated rings. The summed E-state index contributed by atoms with van der Waals surface area (Å²) in [4.78, 5) is 42.8. The van der Waals surface area contributed by atoms with Gasteiger partial charge < -0.3 is 25.7 Å². The number of rotatable bonds is 19. The SMILES string of the molecule is C#CCCC(O)[C@H](O)C(CC1CCCCC1)NC(=O)[C@H](CC#C)NC(=O)C(CC(=O)N(C)CCN(C)CC(F)(F)F)Cc1ccccc1. The van der Waals surface area contributed by atoms with Crippen molar-refractivity contribution in [2.75, 3.05) is 33.7 Å². The molecule has 1 aliphatic rings. The lowest BCUT2D eigenvalue weighted by molar-refractivity contribution is -0.144. The predicted molar refractivity (Wildman–Crippen MR) is 178 cm³/mol. The Balaban J connectivity index is 2.19. The minimum Gasteiger partial charge on any atom is -0.390 e. The zero-order valence-corrected chi connectivity index (χ0v) is 28.1. The van der Waals surface area contributed by atoms with Gasteiger partial charge in [-0.05, 0) is 37.8 Å². The Bertz CT molecular complexity index is 1230. The number of hydrogen-bond acceptors (Lipinski definition) is 6. The molecule has 5 atom stereocenters. The Hall–Kier alpha value is -3.58. The first-order valence-electron chi connectivity index (χ1n) is 16.6. The monoisotopic (exact) mass is 676 g/mol. The van der Waals surface area contributed by atoms with E-state index in [1.165, 1.54) is 19.0 Å². The van der Waals surface area contributed by atoms with Crippen molar-refractivity contribution in [2.45, 2.75) is 101 Å². The molecule has 0 aromatic heterocycles. The van der Waals surface area contributed by atoms with E-state index in [1.54, 1.807) is 24.3 Å². The van der Waals surface area contributed by atoms with Crippen LogP contribution in [0.5, 0.6) is 0 Å². The number of alkyl halides is 3. The Labute approximate surface area is 283 Å². The fourth-order valence-corrected chi connectivity index (χ4v) is 5.99. The molecule has 0 saturated heterocycles. The van der Waals surface area contributed by atoms with Gasteiger partial charge >= 0.3 is 6.18 Å². The zero-order chi connectivity index (χ0) is 35.7. The summed E-state index contributed by atoms with van der Waals surface area (Å²) < 4.78 is 38.2. The molecule has 4 N–H and O–H groups in total. The molecule has 1 aromatic carbocycles. The van der Waals surface area contributed by atoms with Gasteiger partial charge in [0, 0.05) is 39.4 Å². The molecule has 12 heteroatoms. The molecule has 1 aliphatic carbocycles. The molecule has 0 bridgehead atoms. The number of halogens is 3. The van der Waals surface area contributed by atoms with E-state index >= 15 is 0 Å². The third kappa shape index (κ3) is 15.1. The number of likely N-dealkylation sites (N-methyl/N-ethyl adjacent to an activating group) is 2. The molecule has 0 heterocycles. The Morgan fingerprint density at radius 1 is 0.979 bits per heavy atom. The van der Waals surface area contributed by atoms with Gasteiger partial charge in [-0.25, -0.2) is 0 Å². The quantitative estimate of drug-likeness (QED) is 0.167. The highest BCUT2D eigenvalue weighted by atomic mass is 19.4. The average Bonchev–Trinajstić information content (AvgIpc) is 3.04. The zero-order valence-electron chi connectivity index (χ0n) is 28.1. The highest BCUT2D eigenvalue weighted by Gasteiger charge is 2.34. The second-order valence-electron chi connectivity index (χ2n) is 12.9. The minimum absolute atomic E-state index is 0.0190. The van der Waals surface area contributed by atoms with Crippen molar-refractivity contribution in [3.05, 3.63) is 35.9 Å². The van der Waals surface area contributed by atoms with E-state index in [1.807, 2.05) is 6.07 Å². The third-order valence-electron chi connectivity index (χ3n) is 8.79.